The maximum absolute atomic E-state index is 11.9. The minimum atomic E-state index is -0.0975. The zero-order valence-corrected chi connectivity index (χ0v) is 10.4. The fourth-order valence-electron chi connectivity index (χ4n) is 2.16. The van der Waals surface area contributed by atoms with Crippen LogP contribution in [-0.2, 0) is 11.2 Å². The van der Waals surface area contributed by atoms with E-state index in [4.69, 9.17) is 0 Å². The Morgan fingerprint density at radius 2 is 2.47 bits per heavy atom. The molecule has 92 valence electrons. The van der Waals surface area contributed by atoms with Gasteiger partial charge in [-0.15, -0.1) is 0 Å². The summed E-state index contributed by atoms with van der Waals surface area (Å²) in [4.78, 5) is 16.2. The lowest BCUT2D eigenvalue weighted by Crippen LogP contribution is -2.48. The zero-order valence-electron chi connectivity index (χ0n) is 10.4. The average Bonchev–Trinajstić information content (AvgIpc) is 2.68. The lowest BCUT2D eigenvalue weighted by atomic mass is 10.0. The standard InChI is InChI=1S/C13H19N3O/c1-10-4-3-6-15-11(10)8-12(17)16-13(2)5-7-14-9-13/h3-4,6,14H,5,7-9H2,1-2H3,(H,16,17). The molecule has 1 amide bonds. The highest BCUT2D eigenvalue weighted by Gasteiger charge is 2.29. The molecule has 0 saturated carbocycles. The number of carbonyl (C=O) groups excluding carboxylic acids is 1. The van der Waals surface area contributed by atoms with Crippen molar-refractivity contribution in [2.45, 2.75) is 32.2 Å². The molecule has 4 nitrogen and oxygen atoms in total. The summed E-state index contributed by atoms with van der Waals surface area (Å²) < 4.78 is 0. The number of hydrogen-bond donors (Lipinski definition) is 2. The molecule has 1 atom stereocenters. The first kappa shape index (κ1) is 12.0. The second-order valence-corrected chi connectivity index (χ2v) is 4.98. The van der Waals surface area contributed by atoms with Crippen molar-refractivity contribution in [1.29, 1.82) is 0 Å². The van der Waals surface area contributed by atoms with E-state index < -0.39 is 0 Å². The Morgan fingerprint density at radius 3 is 3.12 bits per heavy atom. The van der Waals surface area contributed by atoms with Gasteiger partial charge in [0.25, 0.3) is 0 Å². The Labute approximate surface area is 102 Å². The van der Waals surface area contributed by atoms with E-state index >= 15 is 0 Å². The van der Waals surface area contributed by atoms with E-state index in [1.165, 1.54) is 0 Å². The number of nitrogens with one attached hydrogen (secondary N) is 2. The predicted octanol–water partition coefficient (Wildman–Crippen LogP) is 0.801. The highest BCUT2D eigenvalue weighted by atomic mass is 16.1. The molecule has 2 heterocycles. The number of carbonyl (C=O) groups is 1. The molecule has 1 aliphatic rings. The number of pyridine rings is 1. The minimum absolute atomic E-state index is 0.0537. The van der Waals surface area contributed by atoms with Crippen molar-refractivity contribution in [3.05, 3.63) is 29.6 Å². The second-order valence-electron chi connectivity index (χ2n) is 4.98. The number of aryl methyl sites for hydroxylation is 1. The molecule has 1 aliphatic heterocycles. The van der Waals surface area contributed by atoms with Crippen LogP contribution in [0.1, 0.15) is 24.6 Å². The van der Waals surface area contributed by atoms with E-state index in [-0.39, 0.29) is 11.4 Å². The van der Waals surface area contributed by atoms with E-state index in [1.54, 1.807) is 6.20 Å². The van der Waals surface area contributed by atoms with Crippen LogP contribution in [0, 0.1) is 6.92 Å². The number of rotatable bonds is 3. The summed E-state index contributed by atoms with van der Waals surface area (Å²) in [5, 5.41) is 6.35. The molecule has 0 radical (unpaired) electrons. The van der Waals surface area contributed by atoms with Crippen molar-refractivity contribution >= 4 is 5.91 Å². The van der Waals surface area contributed by atoms with Crippen molar-refractivity contribution < 1.29 is 4.79 Å². The molecular weight excluding hydrogens is 214 g/mol. The first-order valence-electron chi connectivity index (χ1n) is 6.01. The third-order valence-electron chi connectivity index (χ3n) is 3.26. The molecule has 1 aromatic heterocycles. The Bertz CT molecular complexity index is 411. The normalized spacial score (nSPS) is 23.6. The van der Waals surface area contributed by atoms with Crippen molar-refractivity contribution in [2.24, 2.45) is 0 Å². The van der Waals surface area contributed by atoms with E-state index in [0.29, 0.717) is 6.42 Å². The van der Waals surface area contributed by atoms with Crippen LogP contribution in [0.5, 0.6) is 0 Å². The van der Waals surface area contributed by atoms with Gasteiger partial charge in [0.1, 0.15) is 0 Å². The van der Waals surface area contributed by atoms with Crippen LogP contribution in [0.4, 0.5) is 0 Å². The molecular formula is C13H19N3O. The van der Waals surface area contributed by atoms with Gasteiger partial charge in [-0.05, 0) is 38.4 Å². The van der Waals surface area contributed by atoms with Crippen molar-refractivity contribution in [1.82, 2.24) is 15.6 Å². The summed E-state index contributed by atoms with van der Waals surface area (Å²) in [5.41, 5.74) is 1.83. The molecule has 0 bridgehead atoms. The molecule has 1 saturated heterocycles. The van der Waals surface area contributed by atoms with Gasteiger partial charge in [0, 0.05) is 12.7 Å². The van der Waals surface area contributed by atoms with Gasteiger partial charge in [-0.3, -0.25) is 9.78 Å². The van der Waals surface area contributed by atoms with Crippen LogP contribution in [0.25, 0.3) is 0 Å². The Balaban J connectivity index is 1.96. The lowest BCUT2D eigenvalue weighted by Gasteiger charge is -2.24. The molecule has 2 rings (SSSR count). The topological polar surface area (TPSA) is 54.0 Å². The summed E-state index contributed by atoms with van der Waals surface area (Å²) >= 11 is 0. The third-order valence-corrected chi connectivity index (χ3v) is 3.26. The van der Waals surface area contributed by atoms with E-state index in [2.05, 4.69) is 22.5 Å². The lowest BCUT2D eigenvalue weighted by molar-refractivity contribution is -0.122. The fraction of sp³-hybridized carbons (Fsp3) is 0.538. The summed E-state index contributed by atoms with van der Waals surface area (Å²) in [6.45, 7) is 5.88. The van der Waals surface area contributed by atoms with Gasteiger partial charge in [-0.2, -0.15) is 0 Å². The molecule has 1 unspecified atom stereocenters. The Hall–Kier alpha value is -1.42. The summed E-state index contributed by atoms with van der Waals surface area (Å²) in [5.74, 6) is 0.0537. The van der Waals surface area contributed by atoms with Gasteiger partial charge < -0.3 is 10.6 Å². The van der Waals surface area contributed by atoms with Gasteiger partial charge in [0.05, 0.1) is 17.7 Å². The molecule has 0 aliphatic carbocycles. The van der Waals surface area contributed by atoms with Crippen LogP contribution in [0.15, 0.2) is 18.3 Å². The number of aromatic nitrogens is 1. The SMILES string of the molecule is Cc1cccnc1CC(=O)NC1(C)CCNC1. The highest BCUT2D eigenvalue weighted by molar-refractivity contribution is 5.79. The maximum Gasteiger partial charge on any atom is 0.226 e. The molecule has 0 spiro atoms. The van der Waals surface area contributed by atoms with Crippen LogP contribution in [-0.4, -0.2) is 29.5 Å². The van der Waals surface area contributed by atoms with Crippen molar-refractivity contribution in [3.63, 3.8) is 0 Å². The molecule has 2 N–H and O–H groups in total. The smallest absolute Gasteiger partial charge is 0.226 e. The Morgan fingerprint density at radius 1 is 1.65 bits per heavy atom. The predicted molar refractivity (Wildman–Crippen MR) is 66.7 cm³/mol. The summed E-state index contributed by atoms with van der Waals surface area (Å²) in [7, 11) is 0. The highest BCUT2D eigenvalue weighted by Crippen LogP contribution is 2.13. The molecule has 17 heavy (non-hydrogen) atoms. The van der Waals surface area contributed by atoms with Crippen molar-refractivity contribution in [2.75, 3.05) is 13.1 Å². The van der Waals surface area contributed by atoms with Gasteiger partial charge in [0.2, 0.25) is 5.91 Å². The van der Waals surface area contributed by atoms with Crippen LogP contribution in [0.3, 0.4) is 0 Å². The largest absolute Gasteiger partial charge is 0.349 e. The van der Waals surface area contributed by atoms with E-state index in [9.17, 15) is 4.79 Å². The van der Waals surface area contributed by atoms with Gasteiger partial charge >= 0.3 is 0 Å². The summed E-state index contributed by atoms with van der Waals surface area (Å²) in [6.07, 6.45) is 3.08. The number of hydrogen-bond acceptors (Lipinski definition) is 3. The molecule has 1 fully saturated rings. The first-order valence-corrected chi connectivity index (χ1v) is 6.01. The van der Waals surface area contributed by atoms with Gasteiger partial charge in [-0.1, -0.05) is 6.07 Å². The van der Waals surface area contributed by atoms with E-state index in [0.717, 1.165) is 30.8 Å². The summed E-state index contributed by atoms with van der Waals surface area (Å²) in [6, 6.07) is 3.87. The molecule has 0 aromatic carbocycles. The number of amides is 1. The molecule has 1 aromatic rings. The minimum Gasteiger partial charge on any atom is -0.349 e. The molecule has 4 heteroatoms. The zero-order chi connectivity index (χ0) is 12.3. The van der Waals surface area contributed by atoms with Crippen LogP contribution in [0.2, 0.25) is 0 Å². The van der Waals surface area contributed by atoms with Crippen LogP contribution >= 0.6 is 0 Å². The van der Waals surface area contributed by atoms with Crippen molar-refractivity contribution in [3.8, 4) is 0 Å². The third kappa shape index (κ3) is 3.03. The quantitative estimate of drug-likeness (QED) is 0.812. The van der Waals surface area contributed by atoms with Gasteiger partial charge in [-0.25, -0.2) is 0 Å². The van der Waals surface area contributed by atoms with E-state index in [1.807, 2.05) is 19.1 Å². The monoisotopic (exact) mass is 233 g/mol. The second kappa shape index (κ2) is 4.84. The fourth-order valence-corrected chi connectivity index (χ4v) is 2.16. The Kier molecular flexibility index (Phi) is 3.43. The number of nitrogens with zero attached hydrogens (tertiary/aromatic N) is 1. The first-order chi connectivity index (χ1) is 8.09. The average molecular weight is 233 g/mol. The van der Waals surface area contributed by atoms with Gasteiger partial charge in [0.15, 0.2) is 0 Å². The maximum atomic E-state index is 11.9. The van der Waals surface area contributed by atoms with Crippen LogP contribution < -0.4 is 10.6 Å².